The van der Waals surface area contributed by atoms with E-state index in [1.165, 1.54) is 0 Å². The van der Waals surface area contributed by atoms with Crippen molar-refractivity contribution in [1.29, 1.82) is 5.26 Å². The summed E-state index contributed by atoms with van der Waals surface area (Å²) in [5.41, 5.74) is 0.580. The molecule has 5 nitrogen and oxygen atoms in total. The summed E-state index contributed by atoms with van der Waals surface area (Å²) in [6.07, 6.45) is 0.996. The number of benzene rings is 1. The second-order valence-corrected chi connectivity index (χ2v) is 4.75. The molecule has 1 aromatic carbocycles. The van der Waals surface area contributed by atoms with Crippen LogP contribution in [0.1, 0.15) is 24.3 Å². The summed E-state index contributed by atoms with van der Waals surface area (Å²) in [7, 11) is 0. The topological polar surface area (TPSA) is 78.4 Å². The van der Waals surface area contributed by atoms with Gasteiger partial charge in [-0.05, 0) is 43.3 Å². The fraction of sp³-hybridized carbons (Fsp3) is 0.312. The molecule has 2 N–H and O–H groups in total. The molecule has 2 rings (SSSR count). The zero-order valence-corrected chi connectivity index (χ0v) is 11.8. The summed E-state index contributed by atoms with van der Waals surface area (Å²) in [6, 6.07) is 12.6. The third-order valence-electron chi connectivity index (χ3n) is 3.06. The minimum atomic E-state index is -0.627. The van der Waals surface area contributed by atoms with Gasteiger partial charge in [0.05, 0.1) is 23.9 Å². The van der Waals surface area contributed by atoms with Crippen molar-refractivity contribution in [3.05, 3.63) is 54.0 Å². The number of nitriles is 1. The van der Waals surface area contributed by atoms with Gasteiger partial charge in [-0.25, -0.2) is 0 Å². The van der Waals surface area contributed by atoms with E-state index in [1.54, 1.807) is 30.5 Å². The average Bonchev–Trinajstić information content (AvgIpc) is 3.05. The third-order valence-corrected chi connectivity index (χ3v) is 3.06. The summed E-state index contributed by atoms with van der Waals surface area (Å²) in [5.74, 6) is 1.46. The van der Waals surface area contributed by atoms with Crippen LogP contribution in [0.15, 0.2) is 47.1 Å². The van der Waals surface area contributed by atoms with E-state index >= 15 is 0 Å². The first-order chi connectivity index (χ1) is 10.2. The van der Waals surface area contributed by atoms with Crippen LogP contribution in [0.25, 0.3) is 0 Å². The van der Waals surface area contributed by atoms with Crippen LogP contribution in [0, 0.1) is 11.3 Å². The summed E-state index contributed by atoms with van der Waals surface area (Å²) in [6.45, 7) is 2.55. The molecule has 2 aromatic rings. The predicted molar refractivity (Wildman–Crippen MR) is 77.8 cm³/mol. The van der Waals surface area contributed by atoms with E-state index in [2.05, 4.69) is 5.32 Å². The Kier molecular flexibility index (Phi) is 5.38. The van der Waals surface area contributed by atoms with Crippen molar-refractivity contribution in [3.8, 4) is 11.8 Å². The van der Waals surface area contributed by atoms with Gasteiger partial charge in [-0.2, -0.15) is 5.26 Å². The lowest BCUT2D eigenvalue weighted by atomic mass is 10.2. The molecule has 0 bridgehead atoms. The van der Waals surface area contributed by atoms with Crippen LogP contribution < -0.4 is 10.1 Å². The van der Waals surface area contributed by atoms with Gasteiger partial charge in [0.15, 0.2) is 0 Å². The van der Waals surface area contributed by atoms with E-state index in [-0.39, 0.29) is 12.6 Å². The number of rotatable bonds is 7. The van der Waals surface area contributed by atoms with Crippen molar-refractivity contribution in [2.24, 2.45) is 0 Å². The first kappa shape index (κ1) is 15.1. The highest BCUT2D eigenvalue weighted by Gasteiger charge is 2.11. The van der Waals surface area contributed by atoms with Gasteiger partial charge in [-0.3, -0.25) is 0 Å². The summed E-state index contributed by atoms with van der Waals surface area (Å²) in [4.78, 5) is 0. The van der Waals surface area contributed by atoms with Crippen molar-refractivity contribution in [2.75, 3.05) is 13.2 Å². The van der Waals surface area contributed by atoms with Crippen molar-refractivity contribution >= 4 is 0 Å². The maximum Gasteiger partial charge on any atom is 0.120 e. The molecule has 1 heterocycles. The lowest BCUT2D eigenvalue weighted by molar-refractivity contribution is 0.103. The smallest absolute Gasteiger partial charge is 0.120 e. The Morgan fingerprint density at radius 2 is 2.10 bits per heavy atom. The number of nitrogens with zero attached hydrogens (tertiary/aromatic N) is 1. The van der Waals surface area contributed by atoms with Gasteiger partial charge in [0.25, 0.3) is 0 Å². The molecule has 5 heteroatoms. The predicted octanol–water partition coefficient (Wildman–Crippen LogP) is 2.24. The molecule has 0 aliphatic carbocycles. The van der Waals surface area contributed by atoms with E-state index in [0.29, 0.717) is 17.9 Å². The Balaban J connectivity index is 1.72. The largest absolute Gasteiger partial charge is 0.491 e. The number of ether oxygens (including phenoxy) is 1. The normalized spacial score (nSPS) is 13.4. The highest BCUT2D eigenvalue weighted by Crippen LogP contribution is 2.13. The molecule has 1 unspecified atom stereocenters. The number of aliphatic hydroxyl groups excluding tert-OH is 1. The van der Waals surface area contributed by atoms with E-state index < -0.39 is 6.10 Å². The van der Waals surface area contributed by atoms with Crippen molar-refractivity contribution in [3.63, 3.8) is 0 Å². The molecule has 0 saturated heterocycles. The van der Waals surface area contributed by atoms with E-state index in [1.807, 2.05) is 25.1 Å². The third kappa shape index (κ3) is 4.63. The van der Waals surface area contributed by atoms with Crippen molar-refractivity contribution in [2.45, 2.75) is 19.1 Å². The second kappa shape index (κ2) is 7.48. The van der Waals surface area contributed by atoms with Crippen LogP contribution in [-0.4, -0.2) is 24.4 Å². The van der Waals surface area contributed by atoms with E-state index in [0.717, 1.165) is 5.76 Å². The fourth-order valence-corrected chi connectivity index (χ4v) is 1.83. The van der Waals surface area contributed by atoms with E-state index in [9.17, 15) is 5.11 Å². The van der Waals surface area contributed by atoms with Crippen LogP contribution in [0.3, 0.4) is 0 Å². The summed E-state index contributed by atoms with van der Waals surface area (Å²) in [5, 5.41) is 21.8. The summed E-state index contributed by atoms with van der Waals surface area (Å²) < 4.78 is 10.7. The molecular weight excluding hydrogens is 268 g/mol. The molecule has 110 valence electrons. The Morgan fingerprint density at radius 3 is 2.71 bits per heavy atom. The van der Waals surface area contributed by atoms with Crippen LogP contribution >= 0.6 is 0 Å². The lowest BCUT2D eigenvalue weighted by Crippen LogP contribution is -2.32. The summed E-state index contributed by atoms with van der Waals surface area (Å²) >= 11 is 0. The van der Waals surface area contributed by atoms with E-state index in [4.69, 9.17) is 14.4 Å². The van der Waals surface area contributed by atoms with Gasteiger partial charge in [0.1, 0.15) is 24.2 Å². The van der Waals surface area contributed by atoms with Crippen molar-refractivity contribution in [1.82, 2.24) is 5.32 Å². The quantitative estimate of drug-likeness (QED) is 0.816. The zero-order valence-electron chi connectivity index (χ0n) is 11.8. The first-order valence-corrected chi connectivity index (χ1v) is 6.77. The molecule has 1 aromatic heterocycles. The second-order valence-electron chi connectivity index (χ2n) is 4.75. The maximum absolute atomic E-state index is 9.89. The highest BCUT2D eigenvalue weighted by atomic mass is 16.5. The van der Waals surface area contributed by atoms with Gasteiger partial charge >= 0.3 is 0 Å². The maximum atomic E-state index is 9.89. The molecular formula is C16H18N2O3. The minimum absolute atomic E-state index is 0.0320. The van der Waals surface area contributed by atoms with Gasteiger partial charge in [-0.15, -0.1) is 0 Å². The van der Waals surface area contributed by atoms with Gasteiger partial charge in [-0.1, -0.05) is 0 Å². The lowest BCUT2D eigenvalue weighted by Gasteiger charge is -2.16. The molecule has 0 saturated carbocycles. The molecule has 21 heavy (non-hydrogen) atoms. The van der Waals surface area contributed by atoms with Crippen LogP contribution in [-0.2, 0) is 0 Å². The number of nitrogens with one attached hydrogen (secondary N) is 1. The van der Waals surface area contributed by atoms with Gasteiger partial charge < -0.3 is 19.6 Å². The average molecular weight is 286 g/mol. The first-order valence-electron chi connectivity index (χ1n) is 6.77. The van der Waals surface area contributed by atoms with Crippen LogP contribution in [0.4, 0.5) is 0 Å². The molecule has 0 spiro atoms. The fourth-order valence-electron chi connectivity index (χ4n) is 1.83. The van der Waals surface area contributed by atoms with Crippen molar-refractivity contribution < 1.29 is 14.3 Å². The molecule has 0 radical (unpaired) electrons. The molecule has 0 fully saturated rings. The SMILES string of the molecule is C[C@@H](NCC(O)COc1ccc(C#N)cc1)c1ccco1. The molecule has 0 aliphatic heterocycles. The standard InChI is InChI=1S/C16H18N2O3/c1-12(16-3-2-8-20-16)18-10-14(19)11-21-15-6-4-13(9-17)5-7-15/h2-8,12,14,18-19H,10-11H2,1H3/t12-,14?/m1/s1. The number of hydrogen-bond acceptors (Lipinski definition) is 5. The van der Waals surface area contributed by atoms with Gasteiger partial charge in [0, 0.05) is 6.54 Å². The number of furan rings is 1. The molecule has 0 aliphatic rings. The highest BCUT2D eigenvalue weighted by molar-refractivity contribution is 5.34. The molecule has 2 atom stereocenters. The Morgan fingerprint density at radius 1 is 1.33 bits per heavy atom. The Hall–Kier alpha value is -2.29. The number of hydrogen-bond donors (Lipinski definition) is 2. The van der Waals surface area contributed by atoms with Crippen LogP contribution in [0.2, 0.25) is 0 Å². The molecule has 0 amide bonds. The Labute approximate surface area is 123 Å². The monoisotopic (exact) mass is 286 g/mol. The minimum Gasteiger partial charge on any atom is -0.491 e. The van der Waals surface area contributed by atoms with Crippen LogP contribution in [0.5, 0.6) is 5.75 Å². The Bertz CT molecular complexity index is 573. The number of aliphatic hydroxyl groups is 1. The van der Waals surface area contributed by atoms with Gasteiger partial charge in [0.2, 0.25) is 0 Å². The zero-order chi connectivity index (χ0) is 15.1.